The fourth-order valence-electron chi connectivity index (χ4n) is 3.14. The molecule has 24 heavy (non-hydrogen) atoms. The molecule has 1 fully saturated rings. The summed E-state index contributed by atoms with van der Waals surface area (Å²) in [5.74, 6) is 0.965. The molecule has 0 atom stereocenters. The molecular formula is C19H31N3O2. The minimum absolute atomic E-state index is 0.0247. The van der Waals surface area contributed by atoms with Crippen molar-refractivity contribution in [1.82, 2.24) is 15.1 Å². The molecule has 0 aromatic heterocycles. The lowest BCUT2D eigenvalue weighted by Crippen LogP contribution is -2.48. The smallest absolute Gasteiger partial charge is 0.317 e. The van der Waals surface area contributed by atoms with E-state index in [2.05, 4.69) is 43.2 Å². The summed E-state index contributed by atoms with van der Waals surface area (Å²) in [4.78, 5) is 16.4. The lowest BCUT2D eigenvalue weighted by atomic mass is 10.0. The lowest BCUT2D eigenvalue weighted by molar-refractivity contribution is 0.147. The van der Waals surface area contributed by atoms with Gasteiger partial charge in [0.25, 0.3) is 0 Å². The van der Waals surface area contributed by atoms with E-state index in [-0.39, 0.29) is 6.03 Å². The molecule has 0 radical (unpaired) electrons. The number of aryl methyl sites for hydroxylation is 2. The van der Waals surface area contributed by atoms with Crippen molar-refractivity contribution in [1.29, 1.82) is 0 Å². The second kappa shape index (κ2) is 8.92. The number of nitrogens with one attached hydrogen (secondary N) is 1. The monoisotopic (exact) mass is 333 g/mol. The third kappa shape index (κ3) is 5.13. The van der Waals surface area contributed by atoms with Crippen LogP contribution in [0.4, 0.5) is 4.79 Å². The number of likely N-dealkylation sites (tertiary alicyclic amines) is 1. The average Bonchev–Trinajstić information content (AvgIpc) is 2.56. The number of amides is 2. The number of para-hydroxylation sites is 1. The first kappa shape index (κ1) is 18.6. The molecule has 2 rings (SSSR count). The van der Waals surface area contributed by atoms with Crippen molar-refractivity contribution in [2.24, 2.45) is 0 Å². The van der Waals surface area contributed by atoms with Crippen LogP contribution in [0, 0.1) is 13.8 Å². The first-order valence-corrected chi connectivity index (χ1v) is 8.87. The van der Waals surface area contributed by atoms with Gasteiger partial charge in [0.1, 0.15) is 5.75 Å². The van der Waals surface area contributed by atoms with Crippen molar-refractivity contribution in [2.45, 2.75) is 39.2 Å². The van der Waals surface area contributed by atoms with E-state index >= 15 is 0 Å². The highest BCUT2D eigenvalue weighted by Crippen LogP contribution is 2.22. The van der Waals surface area contributed by atoms with Crippen LogP contribution in [-0.2, 0) is 0 Å². The number of hydrogen-bond acceptors (Lipinski definition) is 3. The second-order valence-electron chi connectivity index (χ2n) is 6.80. The van der Waals surface area contributed by atoms with E-state index in [1.807, 2.05) is 18.0 Å². The number of ether oxygens (including phenoxy) is 1. The van der Waals surface area contributed by atoms with Crippen molar-refractivity contribution in [3.8, 4) is 5.75 Å². The Balaban J connectivity index is 1.66. The molecule has 1 aromatic rings. The fraction of sp³-hybridized carbons (Fsp3) is 0.632. The van der Waals surface area contributed by atoms with Gasteiger partial charge in [0.15, 0.2) is 0 Å². The molecule has 5 nitrogen and oxygen atoms in total. The molecule has 1 N–H and O–H groups in total. The van der Waals surface area contributed by atoms with Crippen molar-refractivity contribution in [3.63, 3.8) is 0 Å². The lowest BCUT2D eigenvalue weighted by Gasteiger charge is -2.35. The third-order valence-electron chi connectivity index (χ3n) is 4.81. The quantitative estimate of drug-likeness (QED) is 0.814. The van der Waals surface area contributed by atoms with Crippen molar-refractivity contribution >= 4 is 6.03 Å². The largest absolute Gasteiger partial charge is 0.493 e. The van der Waals surface area contributed by atoms with Gasteiger partial charge < -0.3 is 19.9 Å². The highest BCUT2D eigenvalue weighted by Gasteiger charge is 2.23. The molecule has 0 bridgehead atoms. The van der Waals surface area contributed by atoms with Gasteiger partial charge >= 0.3 is 6.03 Å². The van der Waals surface area contributed by atoms with E-state index < -0.39 is 0 Å². The van der Waals surface area contributed by atoms with Gasteiger partial charge in [-0.3, -0.25) is 0 Å². The SMILES string of the molecule is Cc1cccc(C)c1OCCCNC(=O)N(C)C1CCN(C)CC1. The third-order valence-corrected chi connectivity index (χ3v) is 4.81. The summed E-state index contributed by atoms with van der Waals surface area (Å²) < 4.78 is 5.87. The number of rotatable bonds is 6. The molecule has 1 saturated heterocycles. The van der Waals surface area contributed by atoms with Crippen LogP contribution in [0.5, 0.6) is 5.75 Å². The molecule has 0 saturated carbocycles. The Morgan fingerprint density at radius 3 is 2.54 bits per heavy atom. The molecule has 1 heterocycles. The van der Waals surface area contributed by atoms with Crippen LogP contribution in [0.1, 0.15) is 30.4 Å². The van der Waals surface area contributed by atoms with Crippen LogP contribution in [0.3, 0.4) is 0 Å². The summed E-state index contributed by atoms with van der Waals surface area (Å²) in [5.41, 5.74) is 2.31. The summed E-state index contributed by atoms with van der Waals surface area (Å²) in [6.07, 6.45) is 2.91. The van der Waals surface area contributed by atoms with Crippen LogP contribution in [0.2, 0.25) is 0 Å². The van der Waals surface area contributed by atoms with E-state index in [1.165, 1.54) is 0 Å². The zero-order valence-corrected chi connectivity index (χ0v) is 15.5. The zero-order valence-electron chi connectivity index (χ0n) is 15.5. The maximum absolute atomic E-state index is 12.2. The predicted molar refractivity (Wildman–Crippen MR) is 97.7 cm³/mol. The van der Waals surface area contributed by atoms with Crippen LogP contribution in [0.25, 0.3) is 0 Å². The van der Waals surface area contributed by atoms with E-state index in [4.69, 9.17) is 4.74 Å². The van der Waals surface area contributed by atoms with Gasteiger partial charge in [-0.05, 0) is 64.4 Å². The maximum Gasteiger partial charge on any atom is 0.317 e. The Bertz CT molecular complexity index is 519. The predicted octanol–water partition coefficient (Wildman–Crippen LogP) is 2.81. The van der Waals surface area contributed by atoms with Crippen molar-refractivity contribution in [3.05, 3.63) is 29.3 Å². The van der Waals surface area contributed by atoms with Crippen molar-refractivity contribution in [2.75, 3.05) is 40.3 Å². The molecule has 1 aliphatic rings. The minimum atomic E-state index is 0.0247. The standard InChI is InChI=1S/C19H31N3O2/c1-15-7-5-8-16(2)18(15)24-14-6-11-20-19(23)22(4)17-9-12-21(3)13-10-17/h5,7-8,17H,6,9-14H2,1-4H3,(H,20,23). The van der Waals surface area contributed by atoms with Gasteiger partial charge in [0.05, 0.1) is 6.61 Å². The molecule has 0 aliphatic carbocycles. The summed E-state index contributed by atoms with van der Waals surface area (Å²) in [6.45, 7) is 7.49. The van der Waals surface area contributed by atoms with E-state index in [0.29, 0.717) is 19.2 Å². The number of nitrogens with zero attached hydrogens (tertiary/aromatic N) is 2. The van der Waals surface area contributed by atoms with Crippen LogP contribution in [-0.4, -0.2) is 62.2 Å². The molecular weight excluding hydrogens is 302 g/mol. The maximum atomic E-state index is 12.2. The normalized spacial score (nSPS) is 16.0. The van der Waals surface area contributed by atoms with Crippen LogP contribution < -0.4 is 10.1 Å². The van der Waals surface area contributed by atoms with Gasteiger partial charge in [0.2, 0.25) is 0 Å². The van der Waals surface area contributed by atoms with Gasteiger partial charge in [-0.1, -0.05) is 18.2 Å². The second-order valence-corrected chi connectivity index (χ2v) is 6.80. The number of benzene rings is 1. The summed E-state index contributed by atoms with van der Waals surface area (Å²) >= 11 is 0. The Kier molecular flexibility index (Phi) is 6.91. The fourth-order valence-corrected chi connectivity index (χ4v) is 3.14. The minimum Gasteiger partial charge on any atom is -0.493 e. The summed E-state index contributed by atoms with van der Waals surface area (Å²) in [7, 11) is 4.03. The number of piperidine rings is 1. The number of carbonyl (C=O) groups excluding carboxylic acids is 1. The van der Waals surface area contributed by atoms with Gasteiger partial charge in [0, 0.05) is 19.6 Å². The Morgan fingerprint density at radius 2 is 1.92 bits per heavy atom. The molecule has 1 aliphatic heterocycles. The number of carbonyl (C=O) groups is 1. The molecule has 1 aromatic carbocycles. The Morgan fingerprint density at radius 1 is 1.29 bits per heavy atom. The summed E-state index contributed by atoms with van der Waals surface area (Å²) in [6, 6.07) is 6.53. The molecule has 0 spiro atoms. The van der Waals surface area contributed by atoms with Gasteiger partial charge in [-0.2, -0.15) is 0 Å². The molecule has 0 unspecified atom stereocenters. The average molecular weight is 333 g/mol. The first-order chi connectivity index (χ1) is 11.5. The Labute approximate surface area is 146 Å². The van der Waals surface area contributed by atoms with Gasteiger partial charge in [-0.25, -0.2) is 4.79 Å². The van der Waals surface area contributed by atoms with Gasteiger partial charge in [-0.15, -0.1) is 0 Å². The zero-order chi connectivity index (χ0) is 17.5. The Hall–Kier alpha value is -1.75. The summed E-state index contributed by atoms with van der Waals surface area (Å²) in [5, 5.41) is 3.00. The molecule has 2 amide bonds. The topological polar surface area (TPSA) is 44.8 Å². The van der Waals surface area contributed by atoms with E-state index in [1.54, 1.807) is 0 Å². The van der Waals surface area contributed by atoms with Crippen LogP contribution in [0.15, 0.2) is 18.2 Å². The highest BCUT2D eigenvalue weighted by atomic mass is 16.5. The number of hydrogen-bond donors (Lipinski definition) is 1. The van der Waals surface area contributed by atoms with E-state index in [9.17, 15) is 4.79 Å². The molecule has 5 heteroatoms. The van der Waals surface area contributed by atoms with Crippen molar-refractivity contribution < 1.29 is 9.53 Å². The van der Waals surface area contributed by atoms with Crippen LogP contribution >= 0.6 is 0 Å². The number of urea groups is 1. The first-order valence-electron chi connectivity index (χ1n) is 8.87. The molecule has 134 valence electrons. The van der Waals surface area contributed by atoms with E-state index in [0.717, 1.165) is 49.2 Å². The highest BCUT2D eigenvalue weighted by molar-refractivity contribution is 5.74.